The van der Waals surface area contributed by atoms with Gasteiger partial charge in [0.1, 0.15) is 5.69 Å². The van der Waals surface area contributed by atoms with Crippen molar-refractivity contribution in [2.24, 2.45) is 0 Å². The number of hydrogen-bond acceptors (Lipinski definition) is 3. The first kappa shape index (κ1) is 17.2. The van der Waals surface area contributed by atoms with Crippen LogP contribution in [0.3, 0.4) is 0 Å². The molecule has 0 fully saturated rings. The summed E-state index contributed by atoms with van der Waals surface area (Å²) in [5.74, 6) is 1.10. The van der Waals surface area contributed by atoms with Gasteiger partial charge in [-0.3, -0.25) is 0 Å². The Hall–Kier alpha value is 0.180. The monoisotopic (exact) mass is 367 g/mol. The van der Waals surface area contributed by atoms with Gasteiger partial charge < -0.3 is 39.6 Å². The third-order valence-electron chi connectivity index (χ3n) is 2.59. The van der Waals surface area contributed by atoms with E-state index in [1.165, 1.54) is 4.90 Å². The topological polar surface area (TPSA) is 42.9 Å². The average Bonchev–Trinajstić information content (AvgIpc) is 2.35. The molecule has 0 aliphatic carbocycles. The van der Waals surface area contributed by atoms with Crippen molar-refractivity contribution in [3.05, 3.63) is 29.5 Å². The van der Waals surface area contributed by atoms with Gasteiger partial charge in [0.2, 0.25) is 0 Å². The molecule has 0 atom stereocenters. The van der Waals surface area contributed by atoms with Crippen LogP contribution in [0.4, 0.5) is 5.69 Å². The van der Waals surface area contributed by atoms with Crippen LogP contribution in [0, 0.1) is 5.21 Å². The lowest BCUT2D eigenvalue weighted by atomic mass is 10.3. The van der Waals surface area contributed by atoms with Crippen LogP contribution in [0.25, 0.3) is 0 Å². The Balaban J connectivity index is 0.00000256. The standard InChI is InChI=1S/C12H20N2OS.HI/c1-3-14(4-2)9-10-16-12-7-5-11(13-15)6-8-12;/h5-8H,3-4,9-10,13H2,1-2H3;1H/p-1. The van der Waals surface area contributed by atoms with E-state index in [0.29, 0.717) is 0 Å². The van der Waals surface area contributed by atoms with Crippen LogP contribution in [0.2, 0.25) is 0 Å². The first-order valence-electron chi connectivity index (χ1n) is 5.70. The van der Waals surface area contributed by atoms with Crippen molar-refractivity contribution in [3.63, 3.8) is 0 Å². The van der Waals surface area contributed by atoms with Gasteiger partial charge in [-0.2, -0.15) is 0 Å². The van der Waals surface area contributed by atoms with Gasteiger partial charge in [-0.1, -0.05) is 13.8 Å². The quantitative estimate of drug-likeness (QED) is 0.286. The van der Waals surface area contributed by atoms with Gasteiger partial charge >= 0.3 is 0 Å². The molecule has 0 bridgehead atoms. The van der Waals surface area contributed by atoms with Gasteiger partial charge in [0.25, 0.3) is 0 Å². The van der Waals surface area contributed by atoms with E-state index in [1.807, 2.05) is 36.0 Å². The summed E-state index contributed by atoms with van der Waals surface area (Å²) in [6.07, 6.45) is 0. The highest BCUT2D eigenvalue weighted by molar-refractivity contribution is 7.99. The van der Waals surface area contributed by atoms with Crippen molar-refractivity contribution in [1.29, 1.82) is 0 Å². The number of hydrogen-bond donors (Lipinski definition) is 1. The molecule has 0 saturated carbocycles. The summed E-state index contributed by atoms with van der Waals surface area (Å²) in [6, 6.07) is 7.76. The molecule has 1 rings (SSSR count). The molecule has 0 radical (unpaired) electrons. The van der Waals surface area contributed by atoms with Crippen LogP contribution in [-0.4, -0.2) is 30.3 Å². The minimum absolute atomic E-state index is 0. The lowest BCUT2D eigenvalue weighted by Gasteiger charge is -2.17. The molecule has 5 heteroatoms. The molecule has 2 N–H and O–H groups in total. The summed E-state index contributed by atoms with van der Waals surface area (Å²) in [6.45, 7) is 7.72. The van der Waals surface area contributed by atoms with Crippen molar-refractivity contribution in [2.45, 2.75) is 18.7 Å². The number of benzene rings is 1. The zero-order valence-electron chi connectivity index (χ0n) is 10.4. The molecule has 0 heterocycles. The average molecular weight is 367 g/mol. The summed E-state index contributed by atoms with van der Waals surface area (Å²) < 4.78 is 0. The maximum atomic E-state index is 10.5. The smallest absolute Gasteiger partial charge is 0.129 e. The SMILES string of the molecule is CCN(CC)CCSc1ccc([NH2+][O-])cc1.[I-]. The molecule has 0 aliphatic rings. The summed E-state index contributed by atoms with van der Waals surface area (Å²) in [4.78, 5) is 3.64. The molecule has 0 saturated heterocycles. The lowest BCUT2D eigenvalue weighted by molar-refractivity contribution is -0.497. The van der Waals surface area contributed by atoms with Crippen molar-refractivity contribution in [3.8, 4) is 0 Å². The summed E-state index contributed by atoms with van der Waals surface area (Å²) in [7, 11) is 0. The summed E-state index contributed by atoms with van der Waals surface area (Å²) >= 11 is 1.84. The molecule has 0 aliphatic heterocycles. The highest BCUT2D eigenvalue weighted by Gasteiger charge is 2.00. The number of rotatable bonds is 7. The summed E-state index contributed by atoms with van der Waals surface area (Å²) in [5, 5.41) is 10.5. The van der Waals surface area contributed by atoms with Gasteiger partial charge in [0.15, 0.2) is 0 Å². The van der Waals surface area contributed by atoms with Crippen molar-refractivity contribution >= 4 is 17.4 Å². The first-order chi connectivity index (χ1) is 7.80. The van der Waals surface area contributed by atoms with E-state index in [1.54, 1.807) is 0 Å². The second-order valence-electron chi connectivity index (χ2n) is 3.56. The molecule has 0 aromatic heterocycles. The lowest BCUT2D eigenvalue weighted by Crippen LogP contribution is -3.00. The van der Waals surface area contributed by atoms with E-state index in [2.05, 4.69) is 18.7 Å². The largest absolute Gasteiger partial charge is 1.00 e. The fourth-order valence-corrected chi connectivity index (χ4v) is 2.39. The Kier molecular flexibility index (Phi) is 10.2. The fraction of sp³-hybridized carbons (Fsp3) is 0.500. The normalized spacial score (nSPS) is 10.4. The molecule has 0 spiro atoms. The van der Waals surface area contributed by atoms with E-state index in [0.717, 1.165) is 36.6 Å². The number of nitrogens with zero attached hydrogens (tertiary/aromatic N) is 1. The second-order valence-corrected chi connectivity index (χ2v) is 4.73. The predicted molar refractivity (Wildman–Crippen MR) is 69.9 cm³/mol. The van der Waals surface area contributed by atoms with Crippen LogP contribution in [0.1, 0.15) is 13.8 Å². The maximum Gasteiger partial charge on any atom is 0.129 e. The highest BCUT2D eigenvalue weighted by atomic mass is 127. The molecular weight excluding hydrogens is 347 g/mol. The first-order valence-corrected chi connectivity index (χ1v) is 6.69. The summed E-state index contributed by atoms with van der Waals surface area (Å²) in [5.41, 5.74) is 1.62. The van der Waals surface area contributed by atoms with E-state index >= 15 is 0 Å². The van der Waals surface area contributed by atoms with Crippen LogP contribution in [0.5, 0.6) is 0 Å². The van der Waals surface area contributed by atoms with Crippen molar-refractivity contribution in [2.75, 3.05) is 25.4 Å². The van der Waals surface area contributed by atoms with Crippen molar-refractivity contribution < 1.29 is 29.5 Å². The maximum absolute atomic E-state index is 10.5. The third kappa shape index (κ3) is 6.61. The Morgan fingerprint density at radius 1 is 1.18 bits per heavy atom. The molecule has 0 amide bonds. The van der Waals surface area contributed by atoms with E-state index in [4.69, 9.17) is 0 Å². The van der Waals surface area contributed by atoms with Gasteiger partial charge in [0, 0.05) is 29.3 Å². The Labute approximate surface area is 125 Å². The van der Waals surface area contributed by atoms with Gasteiger partial charge in [-0.05, 0) is 25.2 Å². The minimum Gasteiger partial charge on any atom is -1.00 e. The van der Waals surface area contributed by atoms with Crippen LogP contribution >= 0.6 is 11.8 Å². The highest BCUT2D eigenvalue weighted by Crippen LogP contribution is 2.18. The van der Waals surface area contributed by atoms with Crippen LogP contribution in [0.15, 0.2) is 29.2 Å². The molecular formula is C12H20IN2OS-. The predicted octanol–water partition coefficient (Wildman–Crippen LogP) is -1.18. The number of nitrogens with two attached hydrogens (primary N) is 1. The molecule has 1 aromatic carbocycles. The Morgan fingerprint density at radius 2 is 1.76 bits per heavy atom. The van der Waals surface area contributed by atoms with Crippen LogP contribution in [-0.2, 0) is 0 Å². The Morgan fingerprint density at radius 3 is 2.24 bits per heavy atom. The molecule has 1 aromatic rings. The van der Waals surface area contributed by atoms with Gasteiger partial charge in [-0.15, -0.1) is 11.8 Å². The van der Waals surface area contributed by atoms with Crippen molar-refractivity contribution in [1.82, 2.24) is 4.90 Å². The van der Waals surface area contributed by atoms with E-state index in [9.17, 15) is 5.21 Å². The molecule has 0 unspecified atom stereocenters. The van der Waals surface area contributed by atoms with Crippen LogP contribution < -0.4 is 29.5 Å². The van der Waals surface area contributed by atoms with Gasteiger partial charge in [-0.25, -0.2) is 0 Å². The fourth-order valence-electron chi connectivity index (χ4n) is 1.48. The van der Waals surface area contributed by atoms with E-state index in [-0.39, 0.29) is 24.0 Å². The number of halogens is 1. The second kappa shape index (κ2) is 10.1. The molecule has 3 nitrogen and oxygen atoms in total. The number of quaternary nitrogens is 1. The third-order valence-corrected chi connectivity index (χ3v) is 3.58. The van der Waals surface area contributed by atoms with Gasteiger partial charge in [0.05, 0.1) is 0 Å². The zero-order chi connectivity index (χ0) is 11.8. The molecule has 98 valence electrons. The minimum atomic E-state index is 0. The molecule has 17 heavy (non-hydrogen) atoms. The number of thioether (sulfide) groups is 1. The zero-order valence-corrected chi connectivity index (χ0v) is 13.3. The van der Waals surface area contributed by atoms with E-state index < -0.39 is 0 Å². The Bertz CT molecular complexity index is 291.